The first-order valence-electron chi connectivity index (χ1n) is 4.51. The van der Waals surface area contributed by atoms with Gasteiger partial charge in [-0.25, -0.2) is 0 Å². The van der Waals surface area contributed by atoms with Gasteiger partial charge in [-0.1, -0.05) is 16.9 Å². The monoisotopic (exact) mass is 212 g/mol. The van der Waals surface area contributed by atoms with Crippen LogP contribution in [0.5, 0.6) is 0 Å². The van der Waals surface area contributed by atoms with E-state index in [0.29, 0.717) is 12.6 Å². The quantitative estimate of drug-likeness (QED) is 0.741. The zero-order valence-electron chi connectivity index (χ0n) is 8.17. The minimum absolute atomic E-state index is 0.338. The van der Waals surface area contributed by atoms with Gasteiger partial charge in [-0.3, -0.25) is 0 Å². The van der Waals surface area contributed by atoms with Gasteiger partial charge >= 0.3 is 0 Å². The van der Waals surface area contributed by atoms with Crippen LogP contribution in [0.25, 0.3) is 0 Å². The number of nitrogens with zero attached hydrogens (tertiary/aromatic N) is 4. The van der Waals surface area contributed by atoms with E-state index in [-0.39, 0.29) is 0 Å². The molecule has 0 fully saturated rings. The van der Waals surface area contributed by atoms with Crippen LogP contribution in [0.15, 0.2) is 11.5 Å². The van der Waals surface area contributed by atoms with Gasteiger partial charge in [0.05, 0.1) is 0 Å². The highest BCUT2D eigenvalue weighted by molar-refractivity contribution is 8.14. The summed E-state index contributed by atoms with van der Waals surface area (Å²) in [6.07, 6.45) is 1.72. The van der Waals surface area contributed by atoms with E-state index in [0.717, 1.165) is 16.6 Å². The van der Waals surface area contributed by atoms with Gasteiger partial charge in [0.25, 0.3) is 0 Å². The maximum Gasteiger partial charge on any atom is 0.192 e. The molecule has 1 aliphatic rings. The summed E-state index contributed by atoms with van der Waals surface area (Å²) in [7, 11) is 0. The van der Waals surface area contributed by atoms with E-state index in [4.69, 9.17) is 4.84 Å². The van der Waals surface area contributed by atoms with Gasteiger partial charge in [-0.15, -0.1) is 10.2 Å². The Bertz CT molecular complexity index is 347. The predicted molar refractivity (Wildman–Crippen MR) is 55.4 cm³/mol. The Morgan fingerprint density at radius 3 is 3.07 bits per heavy atom. The summed E-state index contributed by atoms with van der Waals surface area (Å²) in [6.45, 7) is 4.84. The van der Waals surface area contributed by atoms with E-state index in [9.17, 15) is 0 Å². The zero-order valence-corrected chi connectivity index (χ0v) is 8.99. The predicted octanol–water partition coefficient (Wildman–Crippen LogP) is 1.28. The Hall–Kier alpha value is -1.04. The Morgan fingerprint density at radius 1 is 1.57 bits per heavy atom. The molecule has 0 radical (unpaired) electrons. The molecule has 0 saturated heterocycles. The van der Waals surface area contributed by atoms with Crippen molar-refractivity contribution in [2.75, 3.05) is 12.4 Å². The number of thioether (sulfide) groups is 1. The summed E-state index contributed by atoms with van der Waals surface area (Å²) in [5.74, 6) is 1.72. The van der Waals surface area contributed by atoms with E-state index >= 15 is 0 Å². The summed E-state index contributed by atoms with van der Waals surface area (Å²) < 4.78 is 1.99. The van der Waals surface area contributed by atoms with Crippen molar-refractivity contribution in [3.63, 3.8) is 0 Å². The zero-order chi connectivity index (χ0) is 9.97. The Balaban J connectivity index is 2.30. The molecule has 0 saturated carbocycles. The van der Waals surface area contributed by atoms with Crippen molar-refractivity contribution in [1.82, 2.24) is 14.8 Å². The van der Waals surface area contributed by atoms with Gasteiger partial charge in [-0.05, 0) is 13.8 Å². The molecule has 0 aromatic carbocycles. The molecule has 0 atom stereocenters. The van der Waals surface area contributed by atoms with Crippen LogP contribution >= 0.6 is 11.8 Å². The molecule has 14 heavy (non-hydrogen) atoms. The lowest BCUT2D eigenvalue weighted by Gasteiger charge is -2.13. The topological polar surface area (TPSA) is 52.3 Å². The molecule has 0 N–H and O–H groups in total. The first kappa shape index (κ1) is 9.51. The van der Waals surface area contributed by atoms with Crippen LogP contribution in [0.1, 0.15) is 25.7 Å². The van der Waals surface area contributed by atoms with Crippen LogP contribution < -0.4 is 0 Å². The summed E-state index contributed by atoms with van der Waals surface area (Å²) in [6, 6.07) is 0.338. The third kappa shape index (κ3) is 1.75. The largest absolute Gasteiger partial charge is 0.394 e. The van der Waals surface area contributed by atoms with Crippen molar-refractivity contribution in [2.24, 2.45) is 5.16 Å². The van der Waals surface area contributed by atoms with E-state index in [2.05, 4.69) is 29.2 Å². The second-order valence-corrected chi connectivity index (χ2v) is 4.32. The highest BCUT2D eigenvalue weighted by Crippen LogP contribution is 2.18. The Labute approximate surface area is 86.5 Å². The highest BCUT2D eigenvalue weighted by atomic mass is 32.2. The maximum absolute atomic E-state index is 5.03. The minimum Gasteiger partial charge on any atom is -0.394 e. The molecule has 1 aromatic heterocycles. The molecule has 2 heterocycles. The van der Waals surface area contributed by atoms with Gasteiger partial charge in [0.2, 0.25) is 0 Å². The summed E-state index contributed by atoms with van der Waals surface area (Å²) in [4.78, 5) is 5.03. The number of hydrogen-bond acceptors (Lipinski definition) is 5. The van der Waals surface area contributed by atoms with Crippen LogP contribution in [-0.2, 0) is 4.84 Å². The molecule has 0 aliphatic carbocycles. The number of hydrogen-bond donors (Lipinski definition) is 0. The van der Waals surface area contributed by atoms with Crippen LogP contribution in [-0.4, -0.2) is 32.2 Å². The first-order valence-corrected chi connectivity index (χ1v) is 5.50. The SMILES string of the molecule is CC(C)n1cnnc1C1=NOCCS1. The summed E-state index contributed by atoms with van der Waals surface area (Å²) >= 11 is 1.65. The standard InChI is InChI=1S/C8H12N4OS/c1-6(2)12-5-9-10-7(12)8-11-13-3-4-14-8/h5-6H,3-4H2,1-2H3. The fourth-order valence-electron chi connectivity index (χ4n) is 1.19. The van der Waals surface area contributed by atoms with Crippen molar-refractivity contribution in [3.05, 3.63) is 12.2 Å². The fraction of sp³-hybridized carbons (Fsp3) is 0.625. The molecule has 2 rings (SSSR count). The fourth-order valence-corrected chi connectivity index (χ4v) is 1.92. The van der Waals surface area contributed by atoms with Gasteiger partial charge < -0.3 is 9.40 Å². The molecular formula is C8H12N4OS. The van der Waals surface area contributed by atoms with Crippen molar-refractivity contribution in [2.45, 2.75) is 19.9 Å². The van der Waals surface area contributed by atoms with Crippen molar-refractivity contribution in [3.8, 4) is 0 Å². The average molecular weight is 212 g/mol. The molecule has 0 spiro atoms. The van der Waals surface area contributed by atoms with Gasteiger partial charge in [-0.2, -0.15) is 0 Å². The van der Waals surface area contributed by atoms with E-state index in [1.165, 1.54) is 0 Å². The van der Waals surface area contributed by atoms with Gasteiger partial charge in [0.1, 0.15) is 12.9 Å². The number of oxime groups is 1. The van der Waals surface area contributed by atoms with E-state index in [1.54, 1.807) is 18.1 Å². The number of rotatable bonds is 2. The molecule has 0 amide bonds. The molecule has 0 unspecified atom stereocenters. The molecule has 1 aliphatic heterocycles. The average Bonchev–Trinajstić information content (AvgIpc) is 2.67. The molecule has 0 bridgehead atoms. The third-order valence-electron chi connectivity index (χ3n) is 1.88. The van der Waals surface area contributed by atoms with Crippen LogP contribution in [0, 0.1) is 0 Å². The van der Waals surface area contributed by atoms with E-state index < -0.39 is 0 Å². The molecule has 5 nitrogen and oxygen atoms in total. The lowest BCUT2D eigenvalue weighted by Crippen LogP contribution is -2.14. The lowest BCUT2D eigenvalue weighted by atomic mass is 10.4. The van der Waals surface area contributed by atoms with Crippen molar-refractivity contribution in [1.29, 1.82) is 0 Å². The van der Waals surface area contributed by atoms with Crippen LogP contribution in [0.2, 0.25) is 0 Å². The van der Waals surface area contributed by atoms with Crippen LogP contribution in [0.3, 0.4) is 0 Å². The highest BCUT2D eigenvalue weighted by Gasteiger charge is 2.17. The summed E-state index contributed by atoms with van der Waals surface area (Å²) in [5, 5.41) is 12.7. The molecule has 1 aromatic rings. The minimum atomic E-state index is 0.338. The maximum atomic E-state index is 5.03. The third-order valence-corrected chi connectivity index (χ3v) is 2.78. The van der Waals surface area contributed by atoms with Crippen LogP contribution in [0.4, 0.5) is 0 Å². The van der Waals surface area contributed by atoms with Crippen molar-refractivity contribution < 1.29 is 4.84 Å². The summed E-state index contributed by atoms with van der Waals surface area (Å²) in [5.41, 5.74) is 0. The van der Waals surface area contributed by atoms with Gasteiger partial charge in [0.15, 0.2) is 10.9 Å². The Kier molecular flexibility index (Phi) is 2.72. The molecule has 76 valence electrons. The lowest BCUT2D eigenvalue weighted by molar-refractivity contribution is 0.160. The van der Waals surface area contributed by atoms with Crippen molar-refractivity contribution >= 4 is 16.8 Å². The Morgan fingerprint density at radius 2 is 2.43 bits per heavy atom. The molecular weight excluding hydrogens is 200 g/mol. The van der Waals surface area contributed by atoms with E-state index in [1.807, 2.05) is 4.57 Å². The normalized spacial score (nSPS) is 16.6. The number of aromatic nitrogens is 3. The smallest absolute Gasteiger partial charge is 0.192 e. The second kappa shape index (κ2) is 4.00. The van der Waals surface area contributed by atoms with Gasteiger partial charge in [0, 0.05) is 11.8 Å². The first-order chi connectivity index (χ1) is 6.79. The molecule has 6 heteroatoms. The second-order valence-electron chi connectivity index (χ2n) is 3.23.